The summed E-state index contributed by atoms with van der Waals surface area (Å²) in [6.45, 7) is 3.18. The van der Waals surface area contributed by atoms with Crippen molar-refractivity contribution in [2.24, 2.45) is 11.8 Å². The lowest BCUT2D eigenvalue weighted by Gasteiger charge is -2.44. The molecular formula is C26H30O12. The highest BCUT2D eigenvalue weighted by Crippen LogP contribution is 2.43. The number of cyclic esters (lactones) is 1. The van der Waals surface area contributed by atoms with Crippen LogP contribution < -0.4 is 0 Å². The van der Waals surface area contributed by atoms with Crippen LogP contribution in [-0.2, 0) is 33.3 Å². The number of methoxy groups -OCH3 is 1. The Morgan fingerprint density at radius 3 is 2.47 bits per heavy atom. The molecule has 2 fully saturated rings. The van der Waals surface area contributed by atoms with Gasteiger partial charge < -0.3 is 49.2 Å². The average Bonchev–Trinajstić information content (AvgIpc) is 2.93. The Morgan fingerprint density at radius 1 is 1.13 bits per heavy atom. The fraction of sp³-hybridized carbons (Fsp3) is 0.462. The summed E-state index contributed by atoms with van der Waals surface area (Å²) in [6.07, 6.45) is -7.05. The second-order valence-corrected chi connectivity index (χ2v) is 9.08. The molecule has 3 aliphatic rings. The summed E-state index contributed by atoms with van der Waals surface area (Å²) in [5.41, 5.74) is 0.673. The highest BCUT2D eigenvalue weighted by Gasteiger charge is 2.49. The van der Waals surface area contributed by atoms with Crippen LogP contribution >= 0.6 is 0 Å². The van der Waals surface area contributed by atoms with E-state index in [9.17, 15) is 35.1 Å². The smallest absolute Gasteiger partial charge is 0.373 e. The van der Waals surface area contributed by atoms with Crippen LogP contribution in [0, 0.1) is 11.8 Å². The van der Waals surface area contributed by atoms with Crippen LogP contribution in [-0.4, -0.2) is 94.3 Å². The van der Waals surface area contributed by atoms with Crippen molar-refractivity contribution in [1.29, 1.82) is 0 Å². The maximum Gasteiger partial charge on any atom is 0.373 e. The topological polar surface area (TPSA) is 181 Å². The van der Waals surface area contributed by atoms with Gasteiger partial charge in [0.15, 0.2) is 6.29 Å². The summed E-state index contributed by atoms with van der Waals surface area (Å²) >= 11 is 0. The Bertz CT molecular complexity index is 1100. The molecule has 1 aromatic rings. The molecule has 38 heavy (non-hydrogen) atoms. The molecule has 0 aliphatic carbocycles. The highest BCUT2D eigenvalue weighted by molar-refractivity contribution is 5.98. The minimum absolute atomic E-state index is 0.0607. The minimum atomic E-state index is -1.67. The van der Waals surface area contributed by atoms with Crippen LogP contribution in [0.2, 0.25) is 0 Å². The van der Waals surface area contributed by atoms with Crippen molar-refractivity contribution in [3.63, 3.8) is 0 Å². The molecule has 12 heteroatoms. The summed E-state index contributed by atoms with van der Waals surface area (Å²) < 4.78 is 27.1. The first kappa shape index (κ1) is 27.8. The number of hydrogen-bond acceptors (Lipinski definition) is 12. The summed E-state index contributed by atoms with van der Waals surface area (Å²) in [5, 5.41) is 50.6. The van der Waals surface area contributed by atoms with E-state index < -0.39 is 79.2 Å². The van der Waals surface area contributed by atoms with Gasteiger partial charge in [-0.15, -0.1) is 6.58 Å². The van der Waals surface area contributed by atoms with Crippen molar-refractivity contribution >= 4 is 17.5 Å². The van der Waals surface area contributed by atoms with E-state index >= 15 is 0 Å². The Morgan fingerprint density at radius 2 is 1.84 bits per heavy atom. The predicted octanol–water partition coefficient (Wildman–Crippen LogP) is -0.0807. The van der Waals surface area contributed by atoms with Gasteiger partial charge in [0, 0.05) is 17.4 Å². The molecule has 4 rings (SSSR count). The van der Waals surface area contributed by atoms with Gasteiger partial charge in [0.25, 0.3) is 0 Å². The predicted molar refractivity (Wildman–Crippen MR) is 127 cm³/mol. The Kier molecular flexibility index (Phi) is 8.51. The molecule has 3 aliphatic heterocycles. The Labute approximate surface area is 218 Å². The third-order valence-electron chi connectivity index (χ3n) is 6.89. The van der Waals surface area contributed by atoms with Crippen molar-refractivity contribution in [3.05, 3.63) is 66.1 Å². The zero-order chi connectivity index (χ0) is 27.6. The van der Waals surface area contributed by atoms with E-state index in [0.717, 1.165) is 13.4 Å². The lowest BCUT2D eigenvalue weighted by molar-refractivity contribution is -0.339. The highest BCUT2D eigenvalue weighted by atomic mass is 16.8. The minimum Gasteiger partial charge on any atom is -0.502 e. The summed E-state index contributed by atoms with van der Waals surface area (Å²) in [7, 11) is 1.11. The van der Waals surface area contributed by atoms with Crippen LogP contribution in [0.15, 0.2) is 60.6 Å². The van der Waals surface area contributed by atoms with Gasteiger partial charge in [-0.1, -0.05) is 36.4 Å². The normalized spacial score (nSPS) is 35.6. The molecule has 2 saturated heterocycles. The van der Waals surface area contributed by atoms with Gasteiger partial charge in [-0.05, 0) is 12.0 Å². The van der Waals surface area contributed by atoms with Crippen molar-refractivity contribution in [3.8, 4) is 0 Å². The van der Waals surface area contributed by atoms with Crippen molar-refractivity contribution in [2.45, 2.75) is 49.5 Å². The molecule has 5 N–H and O–H groups in total. The van der Waals surface area contributed by atoms with E-state index in [-0.39, 0.29) is 17.6 Å². The number of fused-ring (bicyclic) bond motifs is 1. The van der Waals surface area contributed by atoms with E-state index in [1.54, 1.807) is 30.3 Å². The van der Waals surface area contributed by atoms with Crippen LogP contribution in [0.1, 0.15) is 12.0 Å². The van der Waals surface area contributed by atoms with E-state index in [2.05, 4.69) is 11.3 Å². The standard InChI is InChI=1S/C26H30O12/c1-3-13-14-9-16(18(20(29)24(33)34-2)12-7-5-4-6-8-12)36-23(32)15(14)11-35-25(13)38-26-22(31)21(30)19(28)17(10-27)37-26/h3-8,11,13-14,16-17,19,21-22,25-31H,1,9-10H2,2H3/b20-18+/t13-,14+,16+,17-,19-,21+,22-,25+,26+/m1/s1. The molecule has 206 valence electrons. The molecule has 0 radical (unpaired) electrons. The first-order valence-corrected chi connectivity index (χ1v) is 11.9. The SMILES string of the molecule is C=C[C@H]1[C@H](O[C@@H]2O[C@H](CO)[C@@H](O)[C@H](O)[C@H]2O)OC=C2C(=O)O[C@H](/C(=C(/O)C(=O)OC)c3ccccc3)C[C@H]21. The number of benzene rings is 1. The van der Waals surface area contributed by atoms with E-state index in [1.807, 2.05) is 0 Å². The number of aliphatic hydroxyl groups excluding tert-OH is 5. The summed E-state index contributed by atoms with van der Waals surface area (Å²) in [6, 6.07) is 8.43. The molecule has 0 amide bonds. The van der Waals surface area contributed by atoms with E-state index in [4.69, 9.17) is 18.9 Å². The van der Waals surface area contributed by atoms with Gasteiger partial charge in [-0.25, -0.2) is 9.59 Å². The number of rotatable bonds is 7. The van der Waals surface area contributed by atoms with Crippen LogP contribution in [0.3, 0.4) is 0 Å². The third-order valence-corrected chi connectivity index (χ3v) is 6.89. The molecule has 0 saturated carbocycles. The third kappa shape index (κ3) is 5.19. The molecule has 1 aromatic carbocycles. The number of aliphatic hydroxyl groups is 5. The zero-order valence-corrected chi connectivity index (χ0v) is 20.5. The second-order valence-electron chi connectivity index (χ2n) is 9.08. The summed E-state index contributed by atoms with van der Waals surface area (Å²) in [4.78, 5) is 25.2. The van der Waals surface area contributed by atoms with Crippen LogP contribution in [0.4, 0.5) is 0 Å². The monoisotopic (exact) mass is 534 g/mol. The lowest BCUT2D eigenvalue weighted by atomic mass is 9.76. The fourth-order valence-electron chi connectivity index (χ4n) is 4.86. The van der Waals surface area contributed by atoms with E-state index in [0.29, 0.717) is 5.56 Å². The van der Waals surface area contributed by atoms with Crippen molar-refractivity contribution < 1.29 is 58.8 Å². The number of hydrogen-bond donors (Lipinski definition) is 5. The molecule has 0 bridgehead atoms. The Balaban J connectivity index is 1.63. The molecule has 0 aromatic heterocycles. The van der Waals surface area contributed by atoms with Crippen LogP contribution in [0.25, 0.3) is 5.57 Å². The first-order valence-electron chi connectivity index (χ1n) is 11.9. The maximum absolute atomic E-state index is 13.0. The van der Waals surface area contributed by atoms with Crippen molar-refractivity contribution in [2.75, 3.05) is 13.7 Å². The Hall–Kier alpha value is -3.26. The lowest BCUT2D eigenvalue weighted by Crippen LogP contribution is -2.60. The fourth-order valence-corrected chi connectivity index (χ4v) is 4.86. The zero-order valence-electron chi connectivity index (χ0n) is 20.5. The van der Waals surface area contributed by atoms with Crippen molar-refractivity contribution in [1.82, 2.24) is 0 Å². The van der Waals surface area contributed by atoms with Gasteiger partial charge >= 0.3 is 11.9 Å². The quantitative estimate of drug-likeness (QED) is 0.136. The molecule has 3 heterocycles. The number of carbonyl (C=O) groups is 2. The van der Waals surface area contributed by atoms with Crippen LogP contribution in [0.5, 0.6) is 0 Å². The van der Waals surface area contributed by atoms with Gasteiger partial charge in [-0.2, -0.15) is 0 Å². The first-order chi connectivity index (χ1) is 18.2. The maximum atomic E-state index is 13.0. The molecular weight excluding hydrogens is 504 g/mol. The second kappa shape index (κ2) is 11.6. The van der Waals surface area contributed by atoms with Gasteiger partial charge in [0.05, 0.1) is 25.6 Å². The van der Waals surface area contributed by atoms with E-state index in [1.165, 1.54) is 6.08 Å². The van der Waals surface area contributed by atoms with Gasteiger partial charge in [-0.3, -0.25) is 0 Å². The number of ether oxygens (including phenoxy) is 5. The number of esters is 2. The number of carbonyl (C=O) groups excluding carboxylic acids is 2. The largest absolute Gasteiger partial charge is 0.502 e. The molecule has 9 atom stereocenters. The summed E-state index contributed by atoms with van der Waals surface area (Å²) in [5.74, 6) is -3.78. The van der Waals surface area contributed by atoms with Gasteiger partial charge in [0.1, 0.15) is 30.5 Å². The average molecular weight is 535 g/mol. The van der Waals surface area contributed by atoms with Gasteiger partial charge in [0.2, 0.25) is 12.0 Å². The molecule has 0 unspecified atom stereocenters. The molecule has 0 spiro atoms. The molecule has 12 nitrogen and oxygen atoms in total.